The van der Waals surface area contributed by atoms with Gasteiger partial charge in [0, 0.05) is 23.7 Å². The lowest BCUT2D eigenvalue weighted by atomic mass is 9.76. The van der Waals surface area contributed by atoms with Gasteiger partial charge in [0.25, 0.3) is 0 Å². The van der Waals surface area contributed by atoms with E-state index >= 15 is 0 Å². The van der Waals surface area contributed by atoms with E-state index < -0.39 is 28.1 Å². The van der Waals surface area contributed by atoms with E-state index in [9.17, 15) is 21.6 Å². The van der Waals surface area contributed by atoms with Gasteiger partial charge in [0.2, 0.25) is 0 Å². The molecule has 3 aliphatic heterocycles. The lowest BCUT2D eigenvalue weighted by Crippen LogP contribution is -2.39. The van der Waals surface area contributed by atoms with Gasteiger partial charge >= 0.3 is 16.4 Å². The van der Waals surface area contributed by atoms with Crippen LogP contribution in [0, 0.1) is 5.92 Å². The lowest BCUT2D eigenvalue weighted by Gasteiger charge is -2.46. The maximum absolute atomic E-state index is 13.6. The zero-order valence-electron chi connectivity index (χ0n) is 21.8. The molecule has 39 heavy (non-hydrogen) atoms. The third-order valence-electron chi connectivity index (χ3n) is 7.38. The quantitative estimate of drug-likeness (QED) is 0.508. The smallest absolute Gasteiger partial charge is 0.378 e. The van der Waals surface area contributed by atoms with Crippen molar-refractivity contribution >= 4 is 27.4 Å². The van der Waals surface area contributed by atoms with E-state index in [1.54, 1.807) is 0 Å². The summed E-state index contributed by atoms with van der Waals surface area (Å²) in [6.45, 7) is 1.07. The van der Waals surface area contributed by atoms with E-state index in [0.29, 0.717) is 49.3 Å². The summed E-state index contributed by atoms with van der Waals surface area (Å²) in [5, 5.41) is 3.46. The predicted octanol–water partition coefficient (Wildman–Crippen LogP) is 4.74. The molecule has 0 radical (unpaired) electrons. The molecule has 1 fully saturated rings. The molecule has 210 valence electrons. The first-order valence-corrected chi connectivity index (χ1v) is 14.4. The third kappa shape index (κ3) is 6.28. The lowest BCUT2D eigenvalue weighted by molar-refractivity contribution is -0.138. The van der Waals surface area contributed by atoms with Crippen molar-refractivity contribution in [2.45, 2.75) is 50.1 Å². The van der Waals surface area contributed by atoms with Crippen LogP contribution < -0.4 is 10.0 Å². The Labute approximate surface area is 226 Å². The summed E-state index contributed by atoms with van der Waals surface area (Å²) in [4.78, 5) is 6.32. The van der Waals surface area contributed by atoms with Gasteiger partial charge in [-0.25, -0.2) is 4.72 Å². The fourth-order valence-corrected chi connectivity index (χ4v) is 6.41. The van der Waals surface area contributed by atoms with Crippen molar-refractivity contribution in [2.75, 3.05) is 32.5 Å². The Kier molecular flexibility index (Phi) is 7.71. The molecule has 0 saturated carbocycles. The van der Waals surface area contributed by atoms with E-state index in [4.69, 9.17) is 4.74 Å². The highest BCUT2D eigenvalue weighted by molar-refractivity contribution is 7.89. The van der Waals surface area contributed by atoms with Gasteiger partial charge in [0.05, 0.1) is 36.1 Å². The van der Waals surface area contributed by atoms with Crippen molar-refractivity contribution in [3.63, 3.8) is 0 Å². The van der Waals surface area contributed by atoms with Gasteiger partial charge in [-0.1, -0.05) is 30.3 Å². The van der Waals surface area contributed by atoms with Crippen molar-refractivity contribution in [2.24, 2.45) is 15.3 Å². The number of benzene rings is 2. The van der Waals surface area contributed by atoms with Crippen LogP contribution in [0.2, 0.25) is 0 Å². The van der Waals surface area contributed by atoms with Crippen molar-refractivity contribution in [1.29, 1.82) is 0 Å². The normalized spacial score (nSPS) is 26.9. The number of nitrogens with zero attached hydrogens (tertiary/aromatic N) is 3. The largest absolute Gasteiger partial charge is 0.416 e. The molecule has 2 N–H and O–H groups in total. The molecular weight excluding hydrogens is 531 g/mol. The standard InChI is InChI=1S/C27H32F3N5O3S/c1-35(2)15-14-31-26-23(33-39(36,37)34-26)13-10-19-9-11-20-24(17-6-4-3-5-7-17)32-22-12-8-18(27(28,29)30)16-21(22)25(20)38-19/h3-8,12,16,19-20,24-25,32H,9-11,13-15H2,1-2H3,(H,31,34)/t19-,20+,24+,25+/m1/s1. The number of aliphatic imine (C=N–C) groups is 1. The molecule has 0 amide bonds. The van der Waals surface area contributed by atoms with Gasteiger partial charge in [-0.2, -0.15) is 21.6 Å². The summed E-state index contributed by atoms with van der Waals surface area (Å²) in [7, 11) is -0.0192. The van der Waals surface area contributed by atoms with E-state index in [1.165, 1.54) is 12.1 Å². The van der Waals surface area contributed by atoms with E-state index in [2.05, 4.69) is 19.4 Å². The van der Waals surface area contributed by atoms with Crippen LogP contribution >= 0.6 is 0 Å². The van der Waals surface area contributed by atoms with Crippen LogP contribution in [0.3, 0.4) is 0 Å². The van der Waals surface area contributed by atoms with Gasteiger partial charge in [-0.05, 0) is 63.5 Å². The zero-order valence-corrected chi connectivity index (χ0v) is 22.6. The Balaban J connectivity index is 1.37. The van der Waals surface area contributed by atoms with Crippen molar-refractivity contribution < 1.29 is 26.3 Å². The molecule has 5 rings (SSSR count). The monoisotopic (exact) mass is 563 g/mol. The van der Waals surface area contributed by atoms with Crippen molar-refractivity contribution in [3.8, 4) is 0 Å². The Bertz CT molecular complexity index is 1360. The number of halogens is 3. The third-order valence-corrected chi connectivity index (χ3v) is 8.29. The van der Waals surface area contributed by atoms with Gasteiger partial charge in [-0.15, -0.1) is 4.40 Å². The minimum Gasteiger partial charge on any atom is -0.378 e. The maximum Gasteiger partial charge on any atom is 0.416 e. The second kappa shape index (κ2) is 10.9. The summed E-state index contributed by atoms with van der Waals surface area (Å²) >= 11 is 0. The number of amidine groups is 1. The number of fused-ring (bicyclic) bond motifs is 3. The Morgan fingerprint density at radius 1 is 1.13 bits per heavy atom. The van der Waals surface area contributed by atoms with Crippen molar-refractivity contribution in [1.82, 2.24) is 9.62 Å². The molecule has 12 heteroatoms. The summed E-state index contributed by atoms with van der Waals surface area (Å²) in [5.74, 6) is 0.186. The van der Waals surface area contributed by atoms with Gasteiger partial charge in [0.1, 0.15) is 0 Å². The minimum atomic E-state index is -4.46. The highest BCUT2D eigenvalue weighted by Gasteiger charge is 2.43. The highest BCUT2D eigenvalue weighted by Crippen LogP contribution is 2.51. The molecule has 0 unspecified atom stereocenters. The fraction of sp³-hybridized carbons (Fsp3) is 0.481. The average molecular weight is 564 g/mol. The highest BCUT2D eigenvalue weighted by atomic mass is 32.2. The summed E-state index contributed by atoms with van der Waals surface area (Å²) in [5.41, 5.74) is 1.83. The zero-order chi connectivity index (χ0) is 27.8. The Hall–Kier alpha value is -2.96. The van der Waals surface area contributed by atoms with E-state index in [1.807, 2.05) is 49.3 Å². The summed E-state index contributed by atoms with van der Waals surface area (Å²) in [6, 6.07) is 13.5. The van der Waals surface area contributed by atoms with Crippen molar-refractivity contribution in [3.05, 3.63) is 65.2 Å². The maximum atomic E-state index is 13.6. The number of hydrogen-bond acceptors (Lipinski definition) is 6. The van der Waals surface area contributed by atoms with Gasteiger partial charge in [0.15, 0.2) is 5.84 Å². The number of hydrogen-bond donors (Lipinski definition) is 2. The van der Waals surface area contributed by atoms with Crippen LogP contribution in [0.25, 0.3) is 0 Å². The summed E-state index contributed by atoms with van der Waals surface area (Å²) < 4.78 is 77.7. The number of anilines is 1. The number of likely N-dealkylation sites (N-methyl/N-ethyl adjacent to an activating group) is 1. The Morgan fingerprint density at radius 2 is 1.90 bits per heavy atom. The topological polar surface area (TPSA) is 95.4 Å². The van der Waals surface area contributed by atoms with Crippen LogP contribution in [0.5, 0.6) is 0 Å². The molecule has 0 bridgehead atoms. The molecule has 0 spiro atoms. The number of ether oxygens (including phenoxy) is 1. The predicted molar refractivity (Wildman–Crippen MR) is 144 cm³/mol. The van der Waals surface area contributed by atoms with Crippen LogP contribution in [0.15, 0.2) is 57.9 Å². The molecular formula is C27H32F3N5O3S. The fourth-order valence-electron chi connectivity index (χ4n) is 5.47. The number of rotatable bonds is 7. The molecule has 1 saturated heterocycles. The van der Waals surface area contributed by atoms with Gasteiger partial charge in [-0.3, -0.25) is 4.99 Å². The Morgan fingerprint density at radius 3 is 2.62 bits per heavy atom. The minimum absolute atomic E-state index is 0.0614. The number of nitrogens with one attached hydrogen (secondary N) is 2. The van der Waals surface area contributed by atoms with Crippen LogP contribution in [0.1, 0.15) is 54.5 Å². The first-order chi connectivity index (χ1) is 18.5. The second-order valence-electron chi connectivity index (χ2n) is 10.4. The van der Waals surface area contributed by atoms with Gasteiger partial charge < -0.3 is 15.0 Å². The first-order valence-electron chi connectivity index (χ1n) is 13.0. The molecule has 4 atom stereocenters. The second-order valence-corrected chi connectivity index (χ2v) is 11.8. The SMILES string of the molecule is CN(C)CCN=C1NS(=O)(=O)N=C1CC[C@H]1CC[C@@H]2[C@H](O1)c1cc(C(F)(F)F)ccc1N[C@H]2c1ccccc1. The van der Waals surface area contributed by atoms with Crippen LogP contribution in [0.4, 0.5) is 18.9 Å². The van der Waals surface area contributed by atoms with E-state index in [-0.39, 0.29) is 23.9 Å². The molecule has 8 nitrogen and oxygen atoms in total. The van der Waals surface area contributed by atoms with E-state index in [0.717, 1.165) is 18.1 Å². The average Bonchev–Trinajstić information content (AvgIpc) is 3.19. The van der Waals surface area contributed by atoms with Crippen LogP contribution in [-0.2, 0) is 21.1 Å². The van der Waals surface area contributed by atoms with Crippen LogP contribution in [-0.4, -0.2) is 58.2 Å². The molecule has 3 heterocycles. The molecule has 3 aliphatic rings. The first kappa shape index (κ1) is 27.6. The number of alkyl halides is 3. The molecule has 2 aromatic rings. The summed E-state index contributed by atoms with van der Waals surface area (Å²) in [6.07, 6.45) is -3.03. The molecule has 0 aromatic heterocycles. The molecule has 0 aliphatic carbocycles. The molecule has 2 aromatic carbocycles.